The van der Waals surface area contributed by atoms with Gasteiger partial charge in [-0.25, -0.2) is 8.78 Å². The molecule has 0 unspecified atom stereocenters. The number of ether oxygens (including phenoxy) is 1. The largest absolute Gasteiger partial charge is 0.490 e. The van der Waals surface area contributed by atoms with E-state index < -0.39 is 17.5 Å². The minimum Gasteiger partial charge on any atom is -0.490 e. The number of nitrogens with zero attached hydrogens (tertiary/aromatic N) is 2. The van der Waals surface area contributed by atoms with Crippen molar-refractivity contribution in [1.82, 2.24) is 9.80 Å². The molecule has 4 rings (SSSR count). The topological polar surface area (TPSA) is 49.9 Å². The Morgan fingerprint density at radius 2 is 1.70 bits per heavy atom. The Bertz CT molecular complexity index is 996. The van der Waals surface area contributed by atoms with E-state index in [9.17, 15) is 18.4 Å². The van der Waals surface area contributed by atoms with E-state index in [1.165, 1.54) is 4.90 Å². The summed E-state index contributed by atoms with van der Waals surface area (Å²) in [5, 5.41) is 0.594. The Kier molecular flexibility index (Phi) is 7.48. The van der Waals surface area contributed by atoms with Gasteiger partial charge in [0.05, 0.1) is 5.56 Å². The molecule has 2 saturated heterocycles. The second kappa shape index (κ2) is 10.5. The van der Waals surface area contributed by atoms with Crippen molar-refractivity contribution in [3.05, 3.63) is 64.7 Å². The van der Waals surface area contributed by atoms with E-state index in [4.69, 9.17) is 16.3 Å². The van der Waals surface area contributed by atoms with Gasteiger partial charge in [0, 0.05) is 50.0 Å². The number of benzene rings is 2. The van der Waals surface area contributed by atoms with Gasteiger partial charge < -0.3 is 14.5 Å². The van der Waals surface area contributed by atoms with Crippen LogP contribution in [0.5, 0.6) is 5.75 Å². The number of carbonyl (C=O) groups is 2. The molecule has 2 aromatic rings. The Balaban J connectivity index is 1.51. The Labute approximate surface area is 197 Å². The van der Waals surface area contributed by atoms with Gasteiger partial charge in [0.25, 0.3) is 5.91 Å². The maximum absolute atomic E-state index is 14.2. The summed E-state index contributed by atoms with van der Waals surface area (Å²) in [7, 11) is 0. The van der Waals surface area contributed by atoms with E-state index in [1.807, 2.05) is 4.90 Å². The van der Waals surface area contributed by atoms with Crippen molar-refractivity contribution in [3.8, 4) is 5.75 Å². The molecule has 2 aromatic carbocycles. The first-order valence-corrected chi connectivity index (χ1v) is 11.7. The van der Waals surface area contributed by atoms with Crippen molar-refractivity contribution >= 4 is 23.4 Å². The minimum atomic E-state index is -0.762. The summed E-state index contributed by atoms with van der Waals surface area (Å²) >= 11 is 5.97. The zero-order valence-electron chi connectivity index (χ0n) is 18.3. The second-order valence-electron chi connectivity index (χ2n) is 8.68. The van der Waals surface area contributed by atoms with Crippen LogP contribution in [-0.2, 0) is 4.79 Å². The van der Waals surface area contributed by atoms with Crippen LogP contribution in [0.25, 0.3) is 0 Å². The molecule has 0 saturated carbocycles. The first-order chi connectivity index (χ1) is 15.9. The lowest BCUT2D eigenvalue weighted by Crippen LogP contribution is -2.50. The number of rotatable bonds is 5. The fraction of sp³-hybridized carbons (Fsp3) is 0.440. The SMILES string of the molecule is O=C(C[C@H]1CN(C(=O)c2cc(F)ccc2F)CC[C@@H]1Oc1ccc(Cl)cc1)N1CCCCC1. The van der Waals surface area contributed by atoms with Crippen LogP contribution < -0.4 is 4.74 Å². The van der Waals surface area contributed by atoms with Crippen molar-refractivity contribution in [2.45, 2.75) is 38.2 Å². The zero-order chi connectivity index (χ0) is 23.4. The van der Waals surface area contributed by atoms with E-state index in [0.29, 0.717) is 23.7 Å². The third kappa shape index (κ3) is 5.82. The van der Waals surface area contributed by atoms with Crippen molar-refractivity contribution in [3.63, 3.8) is 0 Å². The minimum absolute atomic E-state index is 0.0376. The van der Waals surface area contributed by atoms with Gasteiger partial charge in [-0.1, -0.05) is 11.6 Å². The van der Waals surface area contributed by atoms with Gasteiger partial charge in [-0.05, 0) is 61.7 Å². The number of likely N-dealkylation sites (tertiary alicyclic amines) is 2. The maximum Gasteiger partial charge on any atom is 0.256 e. The summed E-state index contributed by atoms with van der Waals surface area (Å²) < 4.78 is 34.0. The van der Waals surface area contributed by atoms with Gasteiger partial charge in [0.1, 0.15) is 23.5 Å². The van der Waals surface area contributed by atoms with Crippen LogP contribution >= 0.6 is 11.6 Å². The van der Waals surface area contributed by atoms with Gasteiger partial charge in [0.15, 0.2) is 0 Å². The average molecular weight is 477 g/mol. The first kappa shape index (κ1) is 23.5. The number of amides is 2. The fourth-order valence-electron chi connectivity index (χ4n) is 4.56. The molecule has 0 N–H and O–H groups in total. The summed E-state index contributed by atoms with van der Waals surface area (Å²) in [6.07, 6.45) is 3.52. The number of hydrogen-bond donors (Lipinski definition) is 0. The normalized spacial score (nSPS) is 21.1. The predicted molar refractivity (Wildman–Crippen MR) is 121 cm³/mol. The molecule has 33 heavy (non-hydrogen) atoms. The molecule has 2 aliphatic rings. The van der Waals surface area contributed by atoms with Crippen LogP contribution in [0.1, 0.15) is 42.5 Å². The number of carbonyl (C=O) groups excluding carboxylic acids is 2. The van der Waals surface area contributed by atoms with Crippen molar-refractivity contribution in [2.24, 2.45) is 5.92 Å². The second-order valence-corrected chi connectivity index (χ2v) is 9.12. The molecule has 0 spiro atoms. The Morgan fingerprint density at radius 3 is 2.42 bits per heavy atom. The van der Waals surface area contributed by atoms with E-state index in [-0.39, 0.29) is 36.5 Å². The molecule has 2 aliphatic heterocycles. The van der Waals surface area contributed by atoms with Crippen molar-refractivity contribution in [2.75, 3.05) is 26.2 Å². The molecule has 2 amide bonds. The molecule has 176 valence electrons. The van der Waals surface area contributed by atoms with Crippen LogP contribution in [0.2, 0.25) is 5.02 Å². The highest BCUT2D eigenvalue weighted by Gasteiger charge is 2.36. The van der Waals surface area contributed by atoms with Crippen LogP contribution in [-0.4, -0.2) is 53.9 Å². The number of piperidine rings is 2. The predicted octanol–water partition coefficient (Wildman–Crippen LogP) is 4.93. The molecule has 0 radical (unpaired) electrons. The molecule has 0 aromatic heterocycles. The highest BCUT2D eigenvalue weighted by Crippen LogP contribution is 2.29. The molecule has 0 aliphatic carbocycles. The third-order valence-corrected chi connectivity index (χ3v) is 6.61. The molecular weight excluding hydrogens is 450 g/mol. The Hall–Kier alpha value is -2.67. The quantitative estimate of drug-likeness (QED) is 0.614. The summed E-state index contributed by atoms with van der Waals surface area (Å²) in [4.78, 5) is 29.3. The lowest BCUT2D eigenvalue weighted by atomic mass is 9.90. The molecule has 5 nitrogen and oxygen atoms in total. The molecule has 2 atom stereocenters. The van der Waals surface area contributed by atoms with E-state index in [1.54, 1.807) is 24.3 Å². The van der Waals surface area contributed by atoms with E-state index in [2.05, 4.69) is 0 Å². The Morgan fingerprint density at radius 1 is 0.970 bits per heavy atom. The standard InChI is InChI=1S/C25H27ClF2N2O3/c26-18-4-7-20(8-5-18)33-23-10-13-30(25(32)21-15-19(27)6-9-22(21)28)16-17(23)14-24(31)29-11-2-1-3-12-29/h4-9,15,17,23H,1-3,10-14,16H2/t17-,23-/m0/s1. The van der Waals surface area contributed by atoms with Gasteiger partial charge in [-0.2, -0.15) is 0 Å². The summed E-state index contributed by atoms with van der Waals surface area (Å²) in [6, 6.07) is 9.86. The van der Waals surface area contributed by atoms with Gasteiger partial charge >= 0.3 is 0 Å². The van der Waals surface area contributed by atoms with Crippen LogP contribution in [0, 0.1) is 17.6 Å². The summed E-state index contributed by atoms with van der Waals surface area (Å²) in [6.45, 7) is 2.03. The van der Waals surface area contributed by atoms with Crippen LogP contribution in [0.15, 0.2) is 42.5 Å². The van der Waals surface area contributed by atoms with E-state index in [0.717, 1.165) is 50.6 Å². The smallest absolute Gasteiger partial charge is 0.256 e. The summed E-state index contributed by atoms with van der Waals surface area (Å²) in [5.41, 5.74) is -0.298. The average Bonchev–Trinajstić information content (AvgIpc) is 2.83. The lowest BCUT2D eigenvalue weighted by Gasteiger charge is -2.39. The molecule has 2 fully saturated rings. The van der Waals surface area contributed by atoms with Gasteiger partial charge in [-0.3, -0.25) is 9.59 Å². The van der Waals surface area contributed by atoms with Gasteiger partial charge in [-0.15, -0.1) is 0 Å². The summed E-state index contributed by atoms with van der Waals surface area (Å²) in [5.74, 6) is -1.61. The van der Waals surface area contributed by atoms with Crippen molar-refractivity contribution < 1.29 is 23.1 Å². The third-order valence-electron chi connectivity index (χ3n) is 6.36. The maximum atomic E-state index is 14.2. The van der Waals surface area contributed by atoms with Crippen LogP contribution in [0.4, 0.5) is 8.78 Å². The molecular formula is C25H27ClF2N2O3. The number of hydrogen-bond acceptors (Lipinski definition) is 3. The fourth-order valence-corrected chi connectivity index (χ4v) is 4.69. The number of halogens is 3. The van der Waals surface area contributed by atoms with E-state index >= 15 is 0 Å². The van der Waals surface area contributed by atoms with Crippen LogP contribution in [0.3, 0.4) is 0 Å². The van der Waals surface area contributed by atoms with Crippen molar-refractivity contribution in [1.29, 1.82) is 0 Å². The monoisotopic (exact) mass is 476 g/mol. The zero-order valence-corrected chi connectivity index (χ0v) is 19.1. The van der Waals surface area contributed by atoms with Gasteiger partial charge in [0.2, 0.25) is 5.91 Å². The lowest BCUT2D eigenvalue weighted by molar-refractivity contribution is -0.134. The highest BCUT2D eigenvalue weighted by atomic mass is 35.5. The molecule has 2 heterocycles. The molecule has 0 bridgehead atoms. The first-order valence-electron chi connectivity index (χ1n) is 11.3. The highest BCUT2D eigenvalue weighted by molar-refractivity contribution is 6.30. The molecule has 8 heteroatoms.